The maximum atomic E-state index is 6.00. The van der Waals surface area contributed by atoms with Crippen LogP contribution in [0.3, 0.4) is 0 Å². The fourth-order valence-corrected chi connectivity index (χ4v) is 2.17. The Morgan fingerprint density at radius 1 is 1.24 bits per heavy atom. The van der Waals surface area contributed by atoms with Gasteiger partial charge >= 0.3 is 0 Å². The second-order valence-electron chi connectivity index (χ2n) is 5.53. The van der Waals surface area contributed by atoms with Crippen LogP contribution in [0.2, 0.25) is 5.02 Å². The van der Waals surface area contributed by atoms with Gasteiger partial charge < -0.3 is 14.5 Å². The fraction of sp³-hybridized carbons (Fsp3) is 0.412. The molecule has 0 aliphatic carbocycles. The molecule has 3 nitrogen and oxygen atoms in total. The summed E-state index contributed by atoms with van der Waals surface area (Å²) in [4.78, 5) is 0. The van der Waals surface area contributed by atoms with Gasteiger partial charge in [-0.05, 0) is 37.6 Å². The quantitative estimate of drug-likeness (QED) is 0.845. The van der Waals surface area contributed by atoms with Crippen LogP contribution in [0.25, 0.3) is 0 Å². The Morgan fingerprint density at radius 2 is 2.00 bits per heavy atom. The van der Waals surface area contributed by atoms with Crippen LogP contribution in [0.15, 0.2) is 28.7 Å². The molecule has 1 aromatic carbocycles. The highest BCUT2D eigenvalue weighted by molar-refractivity contribution is 6.30. The monoisotopic (exact) mass is 307 g/mol. The van der Waals surface area contributed by atoms with Crippen molar-refractivity contribution < 1.29 is 9.15 Å². The molecule has 0 saturated carbocycles. The van der Waals surface area contributed by atoms with Crippen LogP contribution in [0.4, 0.5) is 0 Å². The summed E-state index contributed by atoms with van der Waals surface area (Å²) in [5, 5.41) is 4.02. The molecule has 0 saturated heterocycles. The first-order valence-corrected chi connectivity index (χ1v) is 7.54. The summed E-state index contributed by atoms with van der Waals surface area (Å²) in [6.07, 6.45) is 0. The second kappa shape index (κ2) is 7.01. The van der Waals surface area contributed by atoms with Gasteiger partial charge in [0.25, 0.3) is 0 Å². The molecule has 1 N–H and O–H groups in total. The molecule has 1 aromatic heterocycles. The van der Waals surface area contributed by atoms with E-state index in [0.717, 1.165) is 34.9 Å². The molecule has 114 valence electrons. The zero-order valence-corrected chi connectivity index (χ0v) is 13.8. The van der Waals surface area contributed by atoms with E-state index < -0.39 is 0 Å². The van der Waals surface area contributed by atoms with Crippen LogP contribution in [0.5, 0.6) is 5.75 Å². The van der Waals surface area contributed by atoms with Gasteiger partial charge in [0, 0.05) is 16.6 Å². The van der Waals surface area contributed by atoms with Gasteiger partial charge in [0.15, 0.2) is 0 Å². The molecule has 0 aliphatic heterocycles. The van der Waals surface area contributed by atoms with Gasteiger partial charge in [0.1, 0.15) is 23.9 Å². The highest BCUT2D eigenvalue weighted by Crippen LogP contribution is 2.24. The lowest BCUT2D eigenvalue weighted by Gasteiger charge is -2.08. The number of aryl methyl sites for hydroxylation is 2. The fourth-order valence-electron chi connectivity index (χ4n) is 2.01. The highest BCUT2D eigenvalue weighted by Gasteiger charge is 2.09. The van der Waals surface area contributed by atoms with Crippen LogP contribution in [0.1, 0.15) is 36.5 Å². The van der Waals surface area contributed by atoms with Crippen LogP contribution < -0.4 is 10.1 Å². The Labute approximate surface area is 131 Å². The Kier molecular flexibility index (Phi) is 5.32. The van der Waals surface area contributed by atoms with E-state index in [1.807, 2.05) is 38.1 Å². The Balaban J connectivity index is 2.01. The van der Waals surface area contributed by atoms with Gasteiger partial charge in [-0.1, -0.05) is 31.5 Å². The van der Waals surface area contributed by atoms with Gasteiger partial charge in [0.05, 0.1) is 6.54 Å². The number of hydrogen-bond acceptors (Lipinski definition) is 3. The lowest BCUT2D eigenvalue weighted by Crippen LogP contribution is -2.21. The van der Waals surface area contributed by atoms with Crippen LogP contribution in [-0.2, 0) is 13.2 Å². The molecule has 0 unspecified atom stereocenters. The number of hydrogen-bond donors (Lipinski definition) is 1. The molecule has 0 fully saturated rings. The summed E-state index contributed by atoms with van der Waals surface area (Å²) >= 11 is 6.00. The molecule has 21 heavy (non-hydrogen) atoms. The van der Waals surface area contributed by atoms with Gasteiger partial charge in [-0.15, -0.1) is 0 Å². The lowest BCUT2D eigenvalue weighted by atomic mass is 10.2. The molecule has 0 bridgehead atoms. The molecule has 0 spiro atoms. The SMILES string of the molecule is Cc1ccc(Cl)cc1OCc1cc(CNC(C)C)oc1C. The first-order valence-electron chi connectivity index (χ1n) is 7.16. The first kappa shape index (κ1) is 15.9. The predicted molar refractivity (Wildman–Crippen MR) is 85.9 cm³/mol. The van der Waals surface area contributed by atoms with Crippen molar-refractivity contribution in [3.05, 3.63) is 51.9 Å². The average Bonchev–Trinajstić information content (AvgIpc) is 2.78. The Bertz CT molecular complexity index is 605. The van der Waals surface area contributed by atoms with Crippen LogP contribution in [-0.4, -0.2) is 6.04 Å². The van der Waals surface area contributed by atoms with E-state index >= 15 is 0 Å². The minimum absolute atomic E-state index is 0.434. The van der Waals surface area contributed by atoms with E-state index in [-0.39, 0.29) is 0 Å². The van der Waals surface area contributed by atoms with Crippen LogP contribution in [0, 0.1) is 13.8 Å². The van der Waals surface area contributed by atoms with E-state index in [9.17, 15) is 0 Å². The predicted octanol–water partition coefficient (Wildman–Crippen LogP) is 4.63. The average molecular weight is 308 g/mol. The summed E-state index contributed by atoms with van der Waals surface area (Å²) in [5.74, 6) is 2.64. The van der Waals surface area contributed by atoms with Crippen molar-refractivity contribution in [2.24, 2.45) is 0 Å². The highest BCUT2D eigenvalue weighted by atomic mass is 35.5. The van der Waals surface area contributed by atoms with Gasteiger partial charge in [-0.3, -0.25) is 0 Å². The van der Waals surface area contributed by atoms with Crippen molar-refractivity contribution in [1.29, 1.82) is 0 Å². The first-order chi connectivity index (χ1) is 9.95. The van der Waals surface area contributed by atoms with Crippen molar-refractivity contribution in [3.8, 4) is 5.75 Å². The Morgan fingerprint density at radius 3 is 2.71 bits per heavy atom. The molecule has 2 aromatic rings. The molecule has 2 rings (SSSR count). The molecule has 1 heterocycles. The maximum absolute atomic E-state index is 6.00. The summed E-state index contributed by atoms with van der Waals surface area (Å²) in [6.45, 7) is 9.41. The minimum atomic E-state index is 0.434. The van der Waals surface area contributed by atoms with E-state index in [4.69, 9.17) is 20.8 Å². The molecule has 0 radical (unpaired) electrons. The van der Waals surface area contributed by atoms with Crippen molar-refractivity contribution in [2.75, 3.05) is 0 Å². The van der Waals surface area contributed by atoms with Gasteiger partial charge in [0.2, 0.25) is 0 Å². The van der Waals surface area contributed by atoms with Crippen molar-refractivity contribution in [3.63, 3.8) is 0 Å². The topological polar surface area (TPSA) is 34.4 Å². The molecule has 4 heteroatoms. The van der Waals surface area contributed by atoms with Crippen molar-refractivity contribution >= 4 is 11.6 Å². The number of furan rings is 1. The van der Waals surface area contributed by atoms with Crippen LogP contribution >= 0.6 is 11.6 Å². The standard InChI is InChI=1S/C17H22ClNO2/c1-11(2)19-9-16-7-14(13(4)21-16)10-20-17-8-15(18)6-5-12(17)3/h5-8,11,19H,9-10H2,1-4H3. The van der Waals surface area contributed by atoms with E-state index in [2.05, 4.69) is 19.2 Å². The lowest BCUT2D eigenvalue weighted by molar-refractivity contribution is 0.301. The van der Waals surface area contributed by atoms with Gasteiger partial charge in [-0.25, -0.2) is 0 Å². The summed E-state index contributed by atoms with van der Waals surface area (Å²) in [5.41, 5.74) is 2.14. The third-order valence-electron chi connectivity index (χ3n) is 3.29. The third-order valence-corrected chi connectivity index (χ3v) is 3.52. The zero-order valence-electron chi connectivity index (χ0n) is 13.0. The zero-order chi connectivity index (χ0) is 15.4. The number of ether oxygens (including phenoxy) is 1. The molecule has 0 aliphatic rings. The Hall–Kier alpha value is -1.45. The van der Waals surface area contributed by atoms with Crippen molar-refractivity contribution in [2.45, 2.75) is 46.9 Å². The van der Waals surface area contributed by atoms with E-state index in [1.54, 1.807) is 0 Å². The van der Waals surface area contributed by atoms with E-state index in [1.165, 1.54) is 0 Å². The number of benzene rings is 1. The minimum Gasteiger partial charge on any atom is -0.488 e. The summed E-state index contributed by atoms with van der Waals surface area (Å²) in [6, 6.07) is 8.14. The number of halogens is 1. The maximum Gasteiger partial charge on any atom is 0.124 e. The second-order valence-corrected chi connectivity index (χ2v) is 5.96. The smallest absolute Gasteiger partial charge is 0.124 e. The largest absolute Gasteiger partial charge is 0.488 e. The third kappa shape index (κ3) is 4.51. The van der Waals surface area contributed by atoms with Gasteiger partial charge in [-0.2, -0.15) is 0 Å². The number of nitrogens with one attached hydrogen (secondary N) is 1. The normalized spacial score (nSPS) is 11.1. The molecule has 0 amide bonds. The summed E-state index contributed by atoms with van der Waals surface area (Å²) in [7, 11) is 0. The molecular weight excluding hydrogens is 286 g/mol. The summed E-state index contributed by atoms with van der Waals surface area (Å²) < 4.78 is 11.6. The molecular formula is C17H22ClNO2. The molecule has 0 atom stereocenters. The van der Waals surface area contributed by atoms with E-state index in [0.29, 0.717) is 17.7 Å². The number of rotatable bonds is 6. The van der Waals surface area contributed by atoms with Crippen molar-refractivity contribution in [1.82, 2.24) is 5.32 Å².